The predicted octanol–water partition coefficient (Wildman–Crippen LogP) is 5.19. The van der Waals surface area contributed by atoms with E-state index in [1.165, 1.54) is 5.56 Å². The summed E-state index contributed by atoms with van der Waals surface area (Å²) in [5.74, 6) is 1.69. The first kappa shape index (κ1) is 21.2. The van der Waals surface area contributed by atoms with Crippen LogP contribution in [0.2, 0.25) is 0 Å². The molecule has 0 aliphatic carbocycles. The summed E-state index contributed by atoms with van der Waals surface area (Å²) in [5.41, 5.74) is 8.17. The quantitative estimate of drug-likeness (QED) is 0.395. The maximum Gasteiger partial charge on any atom is 0.439 e. The van der Waals surface area contributed by atoms with Crippen molar-refractivity contribution < 1.29 is 9.26 Å². The van der Waals surface area contributed by atoms with E-state index in [1.807, 2.05) is 37.3 Å². The number of ether oxygens (including phenoxy) is 1. The van der Waals surface area contributed by atoms with Gasteiger partial charge >= 0.3 is 5.76 Å². The minimum Gasteiger partial charge on any atom is -0.488 e. The van der Waals surface area contributed by atoms with Crippen molar-refractivity contribution in [1.29, 1.82) is 0 Å². The molecule has 0 saturated heterocycles. The fraction of sp³-hybridized carbons (Fsp3) is 0.179. The van der Waals surface area contributed by atoms with Gasteiger partial charge in [-0.1, -0.05) is 54.5 Å². The topological polar surface area (TPSA) is 85.9 Å². The number of hydrogen-bond donors (Lipinski definition) is 1. The number of imidazole rings is 1. The van der Waals surface area contributed by atoms with Gasteiger partial charge in [0.1, 0.15) is 18.2 Å². The Hall–Kier alpha value is -4.39. The summed E-state index contributed by atoms with van der Waals surface area (Å²) in [6, 6.07) is 22.7. The molecule has 0 unspecified atom stereocenters. The zero-order valence-electron chi connectivity index (χ0n) is 19.5. The first-order valence-corrected chi connectivity index (χ1v) is 11.7. The highest BCUT2D eigenvalue weighted by Gasteiger charge is 2.23. The molecule has 2 aromatic heterocycles. The number of hydrogen-bond acceptors (Lipinski definition) is 5. The fourth-order valence-electron chi connectivity index (χ4n) is 4.88. The summed E-state index contributed by atoms with van der Waals surface area (Å²) in [4.78, 5) is 19.1. The Bertz CT molecular complexity index is 1650. The number of allylic oxidation sites excluding steroid dienone is 1. The second kappa shape index (κ2) is 8.43. The molecule has 0 radical (unpaired) electrons. The molecular weight excluding hydrogens is 440 g/mol. The van der Waals surface area contributed by atoms with Crippen LogP contribution in [-0.2, 0) is 19.6 Å². The third-order valence-corrected chi connectivity index (χ3v) is 6.54. The standard InChI is InChI=1S/C28H24N4O3/c1-3-25-29-22-9-5-6-10-23(22)32(25)15-18-12-13-20-19(14-18)16-34-24-11-7-4-8-21(24)26(20)17(2)27-30-28(33)35-31-27/h4-14H,3,15-16H2,1-2H3,(H,30,31,33)/b26-17+. The fourth-order valence-corrected chi connectivity index (χ4v) is 4.88. The van der Waals surface area contributed by atoms with Gasteiger partial charge in [0.25, 0.3) is 0 Å². The molecule has 1 aliphatic heterocycles. The van der Waals surface area contributed by atoms with Crippen molar-refractivity contribution >= 4 is 22.2 Å². The van der Waals surface area contributed by atoms with Gasteiger partial charge in [-0.2, -0.15) is 0 Å². The van der Waals surface area contributed by atoms with Crippen molar-refractivity contribution in [1.82, 2.24) is 19.7 Å². The highest BCUT2D eigenvalue weighted by Crippen LogP contribution is 2.40. The minimum absolute atomic E-state index is 0.411. The minimum atomic E-state index is -0.576. The van der Waals surface area contributed by atoms with Gasteiger partial charge in [0.15, 0.2) is 5.82 Å². The Labute approximate surface area is 201 Å². The number of H-pyrrole nitrogens is 1. The molecule has 6 rings (SSSR count). The van der Waals surface area contributed by atoms with Crippen LogP contribution in [0, 0.1) is 0 Å². The SMILES string of the molecule is CCc1nc2ccccc2n1Cc1ccc2c(c1)COc1ccccc1/C2=C(\C)c1noc(=O)[nH]1. The lowest BCUT2D eigenvalue weighted by Gasteiger charge is -2.15. The van der Waals surface area contributed by atoms with Gasteiger partial charge in [-0.3, -0.25) is 9.51 Å². The Morgan fingerprint density at radius 3 is 2.71 bits per heavy atom. The van der Waals surface area contributed by atoms with Crippen LogP contribution in [-0.4, -0.2) is 19.7 Å². The molecule has 0 saturated carbocycles. The number of rotatable bonds is 4. The number of aromatic nitrogens is 4. The zero-order chi connectivity index (χ0) is 23.9. The number of nitrogens with zero attached hydrogens (tertiary/aromatic N) is 3. The van der Waals surface area contributed by atoms with Gasteiger partial charge in [-0.25, -0.2) is 9.78 Å². The van der Waals surface area contributed by atoms with Gasteiger partial charge in [0.2, 0.25) is 0 Å². The number of nitrogens with one attached hydrogen (secondary N) is 1. The van der Waals surface area contributed by atoms with Crippen molar-refractivity contribution in [2.75, 3.05) is 0 Å². The molecule has 0 fully saturated rings. The highest BCUT2D eigenvalue weighted by molar-refractivity contribution is 5.99. The molecule has 7 nitrogen and oxygen atoms in total. The van der Waals surface area contributed by atoms with Crippen molar-refractivity contribution in [3.05, 3.63) is 111 Å². The molecular formula is C28H24N4O3. The third kappa shape index (κ3) is 3.65. The number of fused-ring (bicyclic) bond motifs is 3. The van der Waals surface area contributed by atoms with Crippen LogP contribution < -0.4 is 10.5 Å². The second-order valence-corrected chi connectivity index (χ2v) is 8.68. The van der Waals surface area contributed by atoms with Crippen LogP contribution >= 0.6 is 0 Å². The maximum absolute atomic E-state index is 11.6. The molecule has 7 heteroatoms. The number of para-hydroxylation sites is 3. The van der Waals surface area contributed by atoms with Gasteiger partial charge in [-0.15, -0.1) is 0 Å². The molecule has 0 atom stereocenters. The van der Waals surface area contributed by atoms with Gasteiger partial charge < -0.3 is 9.30 Å². The maximum atomic E-state index is 11.6. The smallest absolute Gasteiger partial charge is 0.439 e. The molecule has 0 bridgehead atoms. The largest absolute Gasteiger partial charge is 0.488 e. The van der Waals surface area contributed by atoms with Crippen molar-refractivity contribution in [3.63, 3.8) is 0 Å². The Balaban J connectivity index is 1.49. The lowest BCUT2D eigenvalue weighted by atomic mass is 9.89. The highest BCUT2D eigenvalue weighted by atomic mass is 16.5. The second-order valence-electron chi connectivity index (χ2n) is 8.68. The molecule has 0 spiro atoms. The molecule has 1 aliphatic rings. The van der Waals surface area contributed by atoms with Crippen LogP contribution in [0.3, 0.4) is 0 Å². The van der Waals surface area contributed by atoms with Gasteiger partial charge in [-0.05, 0) is 53.5 Å². The predicted molar refractivity (Wildman–Crippen MR) is 134 cm³/mol. The zero-order valence-corrected chi connectivity index (χ0v) is 19.5. The molecule has 1 N–H and O–H groups in total. The van der Waals surface area contributed by atoms with Gasteiger partial charge in [0, 0.05) is 24.1 Å². The van der Waals surface area contributed by atoms with Gasteiger partial charge in [0.05, 0.1) is 11.0 Å². The summed E-state index contributed by atoms with van der Waals surface area (Å²) in [7, 11) is 0. The van der Waals surface area contributed by atoms with Crippen LogP contribution in [0.25, 0.3) is 22.2 Å². The lowest BCUT2D eigenvalue weighted by molar-refractivity contribution is 0.307. The lowest BCUT2D eigenvalue weighted by Crippen LogP contribution is -2.06. The average molecular weight is 465 g/mol. The molecule has 3 aromatic carbocycles. The summed E-state index contributed by atoms with van der Waals surface area (Å²) >= 11 is 0. The van der Waals surface area contributed by atoms with Crippen LogP contribution in [0.1, 0.15) is 47.8 Å². The third-order valence-electron chi connectivity index (χ3n) is 6.54. The summed E-state index contributed by atoms with van der Waals surface area (Å²) < 4.78 is 13.3. The van der Waals surface area contributed by atoms with Crippen molar-refractivity contribution in [2.45, 2.75) is 33.4 Å². The van der Waals surface area contributed by atoms with E-state index < -0.39 is 5.76 Å². The molecule has 0 amide bonds. The normalized spacial score (nSPS) is 14.2. The van der Waals surface area contributed by atoms with Crippen molar-refractivity contribution in [3.8, 4) is 5.75 Å². The monoisotopic (exact) mass is 464 g/mol. The first-order valence-electron chi connectivity index (χ1n) is 11.7. The molecule has 5 aromatic rings. The Morgan fingerprint density at radius 2 is 1.89 bits per heavy atom. The Morgan fingerprint density at radius 1 is 1.06 bits per heavy atom. The van der Waals surface area contributed by atoms with E-state index >= 15 is 0 Å². The van der Waals surface area contributed by atoms with E-state index in [-0.39, 0.29) is 0 Å². The number of aromatic amines is 1. The average Bonchev–Trinajstić information content (AvgIpc) is 3.43. The van der Waals surface area contributed by atoms with E-state index in [9.17, 15) is 4.79 Å². The first-order chi connectivity index (χ1) is 17.1. The van der Waals surface area contributed by atoms with Crippen molar-refractivity contribution in [2.24, 2.45) is 0 Å². The van der Waals surface area contributed by atoms with Crippen LogP contribution in [0.4, 0.5) is 0 Å². The number of benzene rings is 3. The van der Waals surface area contributed by atoms with E-state index in [4.69, 9.17) is 14.2 Å². The van der Waals surface area contributed by atoms with Crippen LogP contribution in [0.5, 0.6) is 5.75 Å². The Kier molecular flexibility index (Phi) is 5.10. The van der Waals surface area contributed by atoms with E-state index in [0.717, 1.165) is 63.4 Å². The summed E-state index contributed by atoms with van der Waals surface area (Å²) in [6.07, 6.45) is 0.861. The van der Waals surface area contributed by atoms with E-state index in [2.05, 4.69) is 58.0 Å². The molecule has 35 heavy (non-hydrogen) atoms. The molecule has 3 heterocycles. The van der Waals surface area contributed by atoms with E-state index in [1.54, 1.807) is 0 Å². The van der Waals surface area contributed by atoms with Crippen LogP contribution in [0.15, 0.2) is 76.0 Å². The summed E-state index contributed by atoms with van der Waals surface area (Å²) in [5, 5.41) is 3.93. The number of aryl methyl sites for hydroxylation is 1. The summed E-state index contributed by atoms with van der Waals surface area (Å²) in [6.45, 7) is 5.23. The molecule has 174 valence electrons. The van der Waals surface area contributed by atoms with E-state index in [0.29, 0.717) is 12.4 Å².